The fourth-order valence-corrected chi connectivity index (χ4v) is 1.92. The van der Waals surface area contributed by atoms with E-state index in [9.17, 15) is 0 Å². The molecule has 0 unspecified atom stereocenters. The lowest BCUT2D eigenvalue weighted by Gasteiger charge is -2.30. The van der Waals surface area contributed by atoms with Crippen molar-refractivity contribution < 1.29 is 5.11 Å². The SMILES string of the molecule is CC(C)(C)CN1CCC[C@H]1CO. The van der Waals surface area contributed by atoms with E-state index in [-0.39, 0.29) is 0 Å². The summed E-state index contributed by atoms with van der Waals surface area (Å²) in [6.07, 6.45) is 2.42. The molecule has 1 rings (SSSR count). The molecule has 1 aliphatic rings. The maximum absolute atomic E-state index is 9.09. The highest BCUT2D eigenvalue weighted by Gasteiger charge is 2.26. The molecule has 12 heavy (non-hydrogen) atoms. The molecule has 1 atom stereocenters. The summed E-state index contributed by atoms with van der Waals surface area (Å²) in [5.41, 5.74) is 0.359. The molecule has 0 aromatic heterocycles. The number of hydrogen-bond donors (Lipinski definition) is 1. The van der Waals surface area contributed by atoms with E-state index in [1.54, 1.807) is 0 Å². The van der Waals surface area contributed by atoms with Crippen molar-refractivity contribution in [1.82, 2.24) is 4.90 Å². The Morgan fingerprint density at radius 2 is 2.08 bits per heavy atom. The first-order valence-corrected chi connectivity index (χ1v) is 4.88. The maximum Gasteiger partial charge on any atom is 0.0586 e. The van der Waals surface area contributed by atoms with Crippen LogP contribution in [-0.2, 0) is 0 Å². The standard InChI is InChI=1S/C10H21NO/c1-10(2,3)8-11-6-4-5-9(11)7-12/h9,12H,4-8H2,1-3H3/t9-/m0/s1. The monoisotopic (exact) mass is 171 g/mol. The Balaban J connectivity index is 2.41. The summed E-state index contributed by atoms with van der Waals surface area (Å²) in [5, 5.41) is 9.09. The molecule has 1 saturated heterocycles. The van der Waals surface area contributed by atoms with Crippen LogP contribution in [0, 0.1) is 5.41 Å². The lowest BCUT2D eigenvalue weighted by Crippen LogP contribution is -2.38. The fourth-order valence-electron chi connectivity index (χ4n) is 1.92. The van der Waals surface area contributed by atoms with Crippen molar-refractivity contribution in [3.05, 3.63) is 0 Å². The molecule has 0 aromatic rings. The van der Waals surface area contributed by atoms with Crippen LogP contribution < -0.4 is 0 Å². The molecule has 0 aliphatic carbocycles. The van der Waals surface area contributed by atoms with E-state index in [1.165, 1.54) is 19.4 Å². The second-order valence-electron chi connectivity index (χ2n) is 5.01. The number of aliphatic hydroxyl groups is 1. The quantitative estimate of drug-likeness (QED) is 0.680. The first kappa shape index (κ1) is 10.0. The zero-order valence-corrected chi connectivity index (χ0v) is 8.51. The van der Waals surface area contributed by atoms with Crippen molar-refractivity contribution in [3.63, 3.8) is 0 Å². The Hall–Kier alpha value is -0.0800. The van der Waals surface area contributed by atoms with Crippen LogP contribution in [0.5, 0.6) is 0 Å². The van der Waals surface area contributed by atoms with Crippen molar-refractivity contribution in [2.24, 2.45) is 5.41 Å². The van der Waals surface area contributed by atoms with Gasteiger partial charge in [-0.3, -0.25) is 4.90 Å². The van der Waals surface area contributed by atoms with E-state index in [0.29, 0.717) is 18.1 Å². The van der Waals surface area contributed by atoms with Crippen LogP contribution in [0.25, 0.3) is 0 Å². The van der Waals surface area contributed by atoms with Crippen LogP contribution in [0.1, 0.15) is 33.6 Å². The van der Waals surface area contributed by atoms with Crippen LogP contribution in [0.4, 0.5) is 0 Å². The number of hydrogen-bond acceptors (Lipinski definition) is 2. The fraction of sp³-hybridized carbons (Fsp3) is 1.00. The van der Waals surface area contributed by atoms with Gasteiger partial charge in [0.25, 0.3) is 0 Å². The molecule has 1 fully saturated rings. The van der Waals surface area contributed by atoms with Gasteiger partial charge in [0.1, 0.15) is 0 Å². The molecule has 0 aromatic carbocycles. The first-order chi connectivity index (χ1) is 5.53. The Morgan fingerprint density at radius 3 is 2.58 bits per heavy atom. The van der Waals surface area contributed by atoms with Crippen LogP contribution in [0.15, 0.2) is 0 Å². The van der Waals surface area contributed by atoms with Gasteiger partial charge in [0, 0.05) is 12.6 Å². The molecule has 1 N–H and O–H groups in total. The highest BCUT2D eigenvalue weighted by Crippen LogP contribution is 2.23. The lowest BCUT2D eigenvalue weighted by atomic mass is 9.96. The lowest BCUT2D eigenvalue weighted by molar-refractivity contribution is 0.124. The second-order valence-corrected chi connectivity index (χ2v) is 5.01. The second kappa shape index (κ2) is 3.75. The molecule has 0 spiro atoms. The predicted molar refractivity (Wildman–Crippen MR) is 51.1 cm³/mol. The number of likely N-dealkylation sites (tertiary alicyclic amines) is 1. The minimum absolute atomic E-state index is 0.329. The van der Waals surface area contributed by atoms with Crippen LogP contribution in [-0.4, -0.2) is 35.7 Å². The number of aliphatic hydroxyl groups excluding tert-OH is 1. The molecule has 1 heterocycles. The molecule has 0 radical (unpaired) electrons. The maximum atomic E-state index is 9.09. The zero-order valence-electron chi connectivity index (χ0n) is 8.51. The van der Waals surface area contributed by atoms with Gasteiger partial charge < -0.3 is 5.11 Å². The summed E-state index contributed by atoms with van der Waals surface area (Å²) in [6, 6.07) is 0.434. The first-order valence-electron chi connectivity index (χ1n) is 4.88. The Morgan fingerprint density at radius 1 is 1.42 bits per heavy atom. The predicted octanol–water partition coefficient (Wildman–Crippen LogP) is 1.49. The molecule has 2 heteroatoms. The Labute approximate surface area is 75.6 Å². The van der Waals surface area contributed by atoms with Gasteiger partial charge in [0.05, 0.1) is 6.61 Å². The molecule has 0 bridgehead atoms. The average molecular weight is 171 g/mol. The van der Waals surface area contributed by atoms with Gasteiger partial charge in [-0.25, -0.2) is 0 Å². The van der Waals surface area contributed by atoms with Crippen molar-refractivity contribution in [1.29, 1.82) is 0 Å². The van der Waals surface area contributed by atoms with Crippen LogP contribution >= 0.6 is 0 Å². The van der Waals surface area contributed by atoms with E-state index in [2.05, 4.69) is 25.7 Å². The van der Waals surface area contributed by atoms with Gasteiger partial charge >= 0.3 is 0 Å². The molecule has 0 saturated carbocycles. The van der Waals surface area contributed by atoms with Gasteiger partial charge in [-0.1, -0.05) is 20.8 Å². The average Bonchev–Trinajstić information content (AvgIpc) is 2.31. The summed E-state index contributed by atoms with van der Waals surface area (Å²) in [7, 11) is 0. The van der Waals surface area contributed by atoms with Gasteiger partial charge in [0.2, 0.25) is 0 Å². The van der Waals surface area contributed by atoms with Crippen molar-refractivity contribution >= 4 is 0 Å². The molecule has 1 aliphatic heterocycles. The summed E-state index contributed by atoms with van der Waals surface area (Å²) >= 11 is 0. The third kappa shape index (κ3) is 2.76. The van der Waals surface area contributed by atoms with Crippen molar-refractivity contribution in [3.8, 4) is 0 Å². The van der Waals surface area contributed by atoms with E-state index < -0.39 is 0 Å². The highest BCUT2D eigenvalue weighted by molar-refractivity contribution is 4.81. The van der Waals surface area contributed by atoms with E-state index >= 15 is 0 Å². The van der Waals surface area contributed by atoms with Crippen LogP contribution in [0.3, 0.4) is 0 Å². The Kier molecular flexibility index (Phi) is 3.13. The van der Waals surface area contributed by atoms with Crippen molar-refractivity contribution in [2.45, 2.75) is 39.7 Å². The zero-order chi connectivity index (χ0) is 9.19. The largest absolute Gasteiger partial charge is 0.395 e. The smallest absolute Gasteiger partial charge is 0.0586 e. The number of rotatable bonds is 2. The van der Waals surface area contributed by atoms with Crippen molar-refractivity contribution in [2.75, 3.05) is 19.7 Å². The summed E-state index contributed by atoms with van der Waals surface area (Å²) in [4.78, 5) is 2.42. The molecular weight excluding hydrogens is 150 g/mol. The van der Waals surface area contributed by atoms with Gasteiger partial charge in [-0.2, -0.15) is 0 Å². The van der Waals surface area contributed by atoms with E-state index in [4.69, 9.17) is 5.11 Å². The third-order valence-corrected chi connectivity index (χ3v) is 2.39. The van der Waals surface area contributed by atoms with Gasteiger partial charge in [0.15, 0.2) is 0 Å². The molecule has 0 amide bonds. The van der Waals surface area contributed by atoms with Gasteiger partial charge in [-0.15, -0.1) is 0 Å². The van der Waals surface area contributed by atoms with E-state index in [1.807, 2.05) is 0 Å². The summed E-state index contributed by atoms with van der Waals surface area (Å²) < 4.78 is 0. The molecule has 2 nitrogen and oxygen atoms in total. The highest BCUT2D eigenvalue weighted by atomic mass is 16.3. The minimum atomic E-state index is 0.329. The summed E-state index contributed by atoms with van der Waals surface area (Å²) in [5.74, 6) is 0. The van der Waals surface area contributed by atoms with E-state index in [0.717, 1.165) is 6.54 Å². The Bertz CT molecular complexity index is 139. The van der Waals surface area contributed by atoms with Crippen LogP contribution in [0.2, 0.25) is 0 Å². The number of nitrogens with zero attached hydrogens (tertiary/aromatic N) is 1. The minimum Gasteiger partial charge on any atom is -0.395 e. The topological polar surface area (TPSA) is 23.5 Å². The normalized spacial score (nSPS) is 26.5. The molecular formula is C10H21NO. The van der Waals surface area contributed by atoms with Gasteiger partial charge in [-0.05, 0) is 24.8 Å². The summed E-state index contributed by atoms with van der Waals surface area (Å²) in [6.45, 7) is 9.36. The third-order valence-electron chi connectivity index (χ3n) is 2.39. The molecule has 72 valence electrons.